The summed E-state index contributed by atoms with van der Waals surface area (Å²) in [4.78, 5) is 4.68. The maximum atomic E-state index is 4.68. The van der Waals surface area contributed by atoms with Gasteiger partial charge in [-0.2, -0.15) is 0 Å². The molecular weight excluding hydrogens is 230 g/mol. The van der Waals surface area contributed by atoms with Gasteiger partial charge in [0, 0.05) is 11.8 Å². The van der Waals surface area contributed by atoms with Crippen LogP contribution in [0.5, 0.6) is 0 Å². The van der Waals surface area contributed by atoms with Crippen LogP contribution in [0.2, 0.25) is 0 Å². The lowest BCUT2D eigenvalue weighted by Gasteiger charge is -2.21. The maximum Gasteiger partial charge on any atom is 0.0736 e. The summed E-state index contributed by atoms with van der Waals surface area (Å²) in [5, 5.41) is 0. The SMILES string of the molecule is c1ccc(-c2nccc3c2CC2(CCCC2)C3)cc1. The number of hydrogen-bond acceptors (Lipinski definition) is 1. The number of nitrogens with zero attached hydrogens (tertiary/aromatic N) is 1. The van der Waals surface area contributed by atoms with Crippen LogP contribution in [0.3, 0.4) is 0 Å². The highest BCUT2D eigenvalue weighted by Crippen LogP contribution is 2.50. The zero-order valence-electron chi connectivity index (χ0n) is 11.2. The summed E-state index contributed by atoms with van der Waals surface area (Å²) in [6.07, 6.45) is 10.2. The van der Waals surface area contributed by atoms with Gasteiger partial charge < -0.3 is 0 Å². The van der Waals surface area contributed by atoms with E-state index in [2.05, 4.69) is 41.4 Å². The van der Waals surface area contributed by atoms with Crippen molar-refractivity contribution in [2.24, 2.45) is 5.41 Å². The van der Waals surface area contributed by atoms with Crippen molar-refractivity contribution in [1.29, 1.82) is 0 Å². The molecule has 1 heteroatoms. The van der Waals surface area contributed by atoms with Gasteiger partial charge in [0.15, 0.2) is 0 Å². The first-order valence-corrected chi connectivity index (χ1v) is 7.39. The van der Waals surface area contributed by atoms with Gasteiger partial charge in [0.05, 0.1) is 5.69 Å². The van der Waals surface area contributed by atoms with Gasteiger partial charge in [0.1, 0.15) is 0 Å². The molecule has 0 radical (unpaired) electrons. The summed E-state index contributed by atoms with van der Waals surface area (Å²) < 4.78 is 0. The molecule has 96 valence electrons. The Hall–Kier alpha value is -1.63. The van der Waals surface area contributed by atoms with Crippen molar-refractivity contribution >= 4 is 0 Å². The standard InChI is InChI=1S/C18H19N/c1-2-6-14(7-3-1)17-16-13-18(9-4-5-10-18)12-15(16)8-11-19-17/h1-3,6-8,11H,4-5,9-10,12-13H2. The molecule has 0 atom stereocenters. The van der Waals surface area contributed by atoms with Gasteiger partial charge in [-0.1, -0.05) is 43.2 Å². The lowest BCUT2D eigenvalue weighted by Crippen LogP contribution is -2.15. The summed E-state index contributed by atoms with van der Waals surface area (Å²) in [5.74, 6) is 0. The highest BCUT2D eigenvalue weighted by molar-refractivity contribution is 5.65. The van der Waals surface area contributed by atoms with E-state index in [9.17, 15) is 0 Å². The van der Waals surface area contributed by atoms with E-state index in [0.29, 0.717) is 5.41 Å². The first kappa shape index (κ1) is 11.2. The van der Waals surface area contributed by atoms with Crippen molar-refractivity contribution in [3.63, 3.8) is 0 Å². The fourth-order valence-corrected chi connectivity index (χ4v) is 4.06. The molecule has 1 aromatic carbocycles. The summed E-state index contributed by atoms with van der Waals surface area (Å²) >= 11 is 0. The van der Waals surface area contributed by atoms with Gasteiger partial charge in [0.25, 0.3) is 0 Å². The molecule has 2 aromatic rings. The number of hydrogen-bond donors (Lipinski definition) is 0. The molecule has 0 bridgehead atoms. The summed E-state index contributed by atoms with van der Waals surface area (Å²) in [5.41, 5.74) is 6.15. The van der Waals surface area contributed by atoms with Gasteiger partial charge in [-0.3, -0.25) is 4.98 Å². The fraction of sp³-hybridized carbons (Fsp3) is 0.389. The Morgan fingerprint density at radius 1 is 0.895 bits per heavy atom. The second-order valence-electron chi connectivity index (χ2n) is 6.22. The van der Waals surface area contributed by atoms with Crippen molar-refractivity contribution in [3.05, 3.63) is 53.7 Å². The monoisotopic (exact) mass is 249 g/mol. The van der Waals surface area contributed by atoms with Gasteiger partial charge in [0.2, 0.25) is 0 Å². The van der Waals surface area contributed by atoms with E-state index in [1.54, 1.807) is 5.56 Å². The second-order valence-corrected chi connectivity index (χ2v) is 6.22. The van der Waals surface area contributed by atoms with Crippen LogP contribution < -0.4 is 0 Å². The Balaban J connectivity index is 1.79. The van der Waals surface area contributed by atoms with E-state index in [-0.39, 0.29) is 0 Å². The van der Waals surface area contributed by atoms with Crippen LogP contribution in [0.1, 0.15) is 36.8 Å². The first-order chi connectivity index (χ1) is 9.36. The minimum atomic E-state index is 0.578. The van der Waals surface area contributed by atoms with Crippen LogP contribution in [0, 0.1) is 5.41 Å². The summed E-state index contributed by atoms with van der Waals surface area (Å²) in [6, 6.07) is 12.9. The molecule has 1 spiro atoms. The van der Waals surface area contributed by atoms with E-state index in [1.807, 2.05) is 6.20 Å². The Labute approximate surface area is 114 Å². The summed E-state index contributed by atoms with van der Waals surface area (Å²) in [7, 11) is 0. The third kappa shape index (κ3) is 1.80. The number of aromatic nitrogens is 1. The highest BCUT2D eigenvalue weighted by Gasteiger charge is 2.40. The van der Waals surface area contributed by atoms with E-state index in [4.69, 9.17) is 0 Å². The zero-order valence-corrected chi connectivity index (χ0v) is 11.2. The van der Waals surface area contributed by atoms with E-state index >= 15 is 0 Å². The van der Waals surface area contributed by atoms with Crippen molar-refractivity contribution in [1.82, 2.24) is 4.98 Å². The van der Waals surface area contributed by atoms with Gasteiger partial charge >= 0.3 is 0 Å². The van der Waals surface area contributed by atoms with E-state index < -0.39 is 0 Å². The molecule has 19 heavy (non-hydrogen) atoms. The predicted molar refractivity (Wildman–Crippen MR) is 78.0 cm³/mol. The van der Waals surface area contributed by atoms with Crippen LogP contribution >= 0.6 is 0 Å². The van der Waals surface area contributed by atoms with Crippen molar-refractivity contribution in [2.75, 3.05) is 0 Å². The lowest BCUT2D eigenvalue weighted by atomic mass is 9.83. The Bertz CT molecular complexity index is 594. The normalized spacial score (nSPS) is 19.8. The largest absolute Gasteiger partial charge is 0.256 e. The average molecular weight is 249 g/mol. The Morgan fingerprint density at radius 3 is 2.47 bits per heavy atom. The van der Waals surface area contributed by atoms with Crippen LogP contribution in [-0.2, 0) is 12.8 Å². The quantitative estimate of drug-likeness (QED) is 0.729. The predicted octanol–water partition coefficient (Wildman–Crippen LogP) is 4.41. The average Bonchev–Trinajstić information content (AvgIpc) is 3.06. The lowest BCUT2D eigenvalue weighted by molar-refractivity contribution is 0.318. The van der Waals surface area contributed by atoms with Crippen LogP contribution in [0.15, 0.2) is 42.6 Å². The van der Waals surface area contributed by atoms with Crippen LogP contribution in [0.25, 0.3) is 11.3 Å². The number of fused-ring (bicyclic) bond motifs is 1. The van der Waals surface area contributed by atoms with Crippen molar-refractivity contribution in [3.8, 4) is 11.3 Å². The molecule has 1 saturated carbocycles. The Morgan fingerprint density at radius 2 is 1.68 bits per heavy atom. The zero-order chi connectivity index (χ0) is 12.7. The molecule has 0 saturated heterocycles. The van der Waals surface area contributed by atoms with Gasteiger partial charge in [-0.15, -0.1) is 0 Å². The van der Waals surface area contributed by atoms with Crippen molar-refractivity contribution in [2.45, 2.75) is 38.5 Å². The number of benzene rings is 1. The smallest absolute Gasteiger partial charge is 0.0736 e. The third-order valence-electron chi connectivity index (χ3n) is 4.98. The molecule has 0 N–H and O–H groups in total. The van der Waals surface area contributed by atoms with Crippen LogP contribution in [-0.4, -0.2) is 4.98 Å². The molecule has 0 amide bonds. The van der Waals surface area contributed by atoms with Crippen LogP contribution in [0.4, 0.5) is 0 Å². The molecule has 1 aromatic heterocycles. The second kappa shape index (κ2) is 4.19. The molecule has 4 rings (SSSR count). The topological polar surface area (TPSA) is 12.9 Å². The van der Waals surface area contributed by atoms with E-state index in [1.165, 1.54) is 55.3 Å². The molecular formula is C18H19N. The third-order valence-corrected chi connectivity index (χ3v) is 4.98. The van der Waals surface area contributed by atoms with Gasteiger partial charge in [-0.25, -0.2) is 0 Å². The first-order valence-electron chi connectivity index (χ1n) is 7.39. The molecule has 2 aliphatic carbocycles. The molecule has 1 nitrogen and oxygen atoms in total. The Kier molecular flexibility index (Phi) is 2.48. The summed E-state index contributed by atoms with van der Waals surface area (Å²) in [6.45, 7) is 0. The highest BCUT2D eigenvalue weighted by atomic mass is 14.7. The maximum absolute atomic E-state index is 4.68. The van der Waals surface area contributed by atoms with E-state index in [0.717, 1.165) is 0 Å². The van der Waals surface area contributed by atoms with Crippen molar-refractivity contribution < 1.29 is 0 Å². The van der Waals surface area contributed by atoms with Gasteiger partial charge in [-0.05, 0) is 48.3 Å². The number of pyridine rings is 1. The molecule has 1 fully saturated rings. The number of rotatable bonds is 1. The minimum absolute atomic E-state index is 0.578. The molecule has 1 heterocycles. The molecule has 2 aliphatic rings. The minimum Gasteiger partial charge on any atom is -0.256 e. The fourth-order valence-electron chi connectivity index (χ4n) is 4.06. The molecule has 0 aliphatic heterocycles. The molecule has 0 unspecified atom stereocenters.